The molecule has 6 heteroatoms. The number of rotatable bonds is 5. The molecule has 0 fully saturated rings. The highest BCUT2D eigenvalue weighted by molar-refractivity contribution is 8.00. The monoisotopic (exact) mass is 321 g/mol. The molecule has 0 radical (unpaired) electrons. The third-order valence-electron chi connectivity index (χ3n) is 2.78. The molecule has 2 aromatic heterocycles. The van der Waals surface area contributed by atoms with Crippen molar-refractivity contribution in [3.05, 3.63) is 46.3 Å². The fraction of sp³-hybridized carbons (Fsp3) is 0.143. The van der Waals surface area contributed by atoms with E-state index in [2.05, 4.69) is 34.6 Å². The van der Waals surface area contributed by atoms with Crippen molar-refractivity contribution in [1.82, 2.24) is 4.98 Å². The number of thiazole rings is 1. The highest BCUT2D eigenvalue weighted by Crippen LogP contribution is 2.32. The number of thioether (sulfide) groups is 1. The number of fused-ring (bicyclic) bond motifs is 1. The van der Waals surface area contributed by atoms with Gasteiger partial charge in [-0.1, -0.05) is 30.0 Å². The fourth-order valence-corrected chi connectivity index (χ4v) is 4.78. The van der Waals surface area contributed by atoms with Gasteiger partial charge in [0, 0.05) is 15.8 Å². The molecule has 0 aliphatic heterocycles. The summed E-state index contributed by atoms with van der Waals surface area (Å²) in [5.41, 5.74) is 1.95. The fourth-order valence-electron chi connectivity index (χ4n) is 1.87. The summed E-state index contributed by atoms with van der Waals surface area (Å²) in [6.07, 6.45) is -0.00155. The summed E-state index contributed by atoms with van der Waals surface area (Å²) in [4.78, 5) is 15.0. The van der Waals surface area contributed by atoms with Crippen LogP contribution in [0.25, 0.3) is 10.1 Å². The van der Waals surface area contributed by atoms with E-state index in [-0.39, 0.29) is 6.42 Å². The molecule has 0 unspecified atom stereocenters. The van der Waals surface area contributed by atoms with Crippen molar-refractivity contribution < 1.29 is 9.90 Å². The molecule has 0 spiro atoms. The zero-order chi connectivity index (χ0) is 13.9. The largest absolute Gasteiger partial charge is 0.481 e. The Morgan fingerprint density at radius 3 is 2.95 bits per heavy atom. The third-order valence-corrected chi connectivity index (χ3v) is 5.91. The molecule has 3 rings (SSSR count). The number of hydrogen-bond donors (Lipinski definition) is 1. The van der Waals surface area contributed by atoms with Crippen LogP contribution in [0.5, 0.6) is 0 Å². The van der Waals surface area contributed by atoms with Gasteiger partial charge in [0.25, 0.3) is 0 Å². The summed E-state index contributed by atoms with van der Waals surface area (Å²) in [5, 5.41) is 14.0. The van der Waals surface area contributed by atoms with Gasteiger partial charge in [-0.25, -0.2) is 4.98 Å². The van der Waals surface area contributed by atoms with Crippen molar-refractivity contribution in [2.24, 2.45) is 0 Å². The van der Waals surface area contributed by atoms with Crippen LogP contribution >= 0.6 is 34.4 Å². The van der Waals surface area contributed by atoms with Crippen LogP contribution in [0.15, 0.2) is 39.4 Å². The van der Waals surface area contributed by atoms with Gasteiger partial charge in [-0.2, -0.15) is 0 Å². The number of aromatic nitrogens is 1. The number of carboxylic acid groups (broad SMARTS) is 1. The maximum Gasteiger partial charge on any atom is 0.309 e. The van der Waals surface area contributed by atoms with Crippen molar-refractivity contribution >= 4 is 50.5 Å². The first kappa shape index (κ1) is 13.6. The van der Waals surface area contributed by atoms with Crippen molar-refractivity contribution in [3.8, 4) is 0 Å². The Morgan fingerprint density at radius 1 is 1.25 bits per heavy atom. The summed E-state index contributed by atoms with van der Waals surface area (Å²) >= 11 is 4.93. The summed E-state index contributed by atoms with van der Waals surface area (Å²) in [7, 11) is 0. The normalized spacial score (nSPS) is 11.0. The van der Waals surface area contributed by atoms with E-state index in [9.17, 15) is 4.79 Å². The Labute approximate surface area is 128 Å². The summed E-state index contributed by atoms with van der Waals surface area (Å²) < 4.78 is 2.23. The van der Waals surface area contributed by atoms with Crippen LogP contribution in [0, 0.1) is 0 Å². The number of thiophene rings is 1. The van der Waals surface area contributed by atoms with Gasteiger partial charge in [-0.05, 0) is 22.4 Å². The Hall–Kier alpha value is -1.37. The topological polar surface area (TPSA) is 50.2 Å². The first-order valence-corrected chi connectivity index (χ1v) is 8.71. The maximum absolute atomic E-state index is 10.6. The van der Waals surface area contributed by atoms with Crippen LogP contribution in [0.1, 0.15) is 11.3 Å². The number of benzene rings is 1. The smallest absolute Gasteiger partial charge is 0.309 e. The zero-order valence-electron chi connectivity index (χ0n) is 10.4. The van der Waals surface area contributed by atoms with Crippen LogP contribution in [-0.4, -0.2) is 16.1 Å². The molecule has 0 aliphatic rings. The first-order valence-electron chi connectivity index (χ1n) is 5.96. The molecule has 0 amide bonds. The van der Waals surface area contributed by atoms with Crippen LogP contribution < -0.4 is 0 Å². The molecule has 0 aliphatic carbocycles. The number of carbonyl (C=O) groups is 1. The number of carboxylic acids is 1. The van der Waals surface area contributed by atoms with E-state index in [0.29, 0.717) is 5.69 Å². The average Bonchev–Trinajstić information content (AvgIpc) is 3.02. The van der Waals surface area contributed by atoms with E-state index in [1.807, 2.05) is 5.38 Å². The standard InChI is InChI=1S/C14H11NO2S3/c16-13(17)5-10-8-20-14(15-10)19-7-9-6-18-12-4-2-1-3-11(9)12/h1-4,6,8H,5,7H2,(H,16,17). The quantitative estimate of drug-likeness (QED) is 0.713. The van der Waals surface area contributed by atoms with Crippen molar-refractivity contribution in [1.29, 1.82) is 0 Å². The first-order chi connectivity index (χ1) is 9.72. The molecular formula is C14H11NO2S3. The van der Waals surface area contributed by atoms with Crippen molar-refractivity contribution in [3.63, 3.8) is 0 Å². The summed E-state index contributed by atoms with van der Waals surface area (Å²) in [6.45, 7) is 0. The van der Waals surface area contributed by atoms with Gasteiger partial charge in [0.2, 0.25) is 0 Å². The molecule has 0 atom stereocenters. The van der Waals surface area contributed by atoms with Crippen molar-refractivity contribution in [2.75, 3.05) is 0 Å². The molecule has 0 saturated heterocycles. The van der Waals surface area contributed by atoms with Gasteiger partial charge in [-0.15, -0.1) is 22.7 Å². The van der Waals surface area contributed by atoms with Gasteiger partial charge >= 0.3 is 5.97 Å². The molecule has 0 bridgehead atoms. The Balaban J connectivity index is 1.70. The summed E-state index contributed by atoms with van der Waals surface area (Å²) in [6, 6.07) is 8.37. The van der Waals surface area contributed by atoms with Crippen LogP contribution in [0.4, 0.5) is 0 Å². The molecule has 20 heavy (non-hydrogen) atoms. The molecule has 102 valence electrons. The number of aliphatic carboxylic acids is 1. The zero-order valence-corrected chi connectivity index (χ0v) is 12.9. The van der Waals surface area contributed by atoms with Gasteiger partial charge in [0.15, 0.2) is 0 Å². The van der Waals surface area contributed by atoms with Gasteiger partial charge < -0.3 is 5.11 Å². The highest BCUT2D eigenvalue weighted by atomic mass is 32.2. The average molecular weight is 321 g/mol. The van der Waals surface area contributed by atoms with Crippen LogP contribution in [0.3, 0.4) is 0 Å². The van der Waals surface area contributed by atoms with E-state index in [4.69, 9.17) is 5.11 Å². The van der Waals surface area contributed by atoms with E-state index in [1.54, 1.807) is 23.1 Å². The summed E-state index contributed by atoms with van der Waals surface area (Å²) in [5.74, 6) is 0.0278. The maximum atomic E-state index is 10.6. The van der Waals surface area contributed by atoms with Crippen LogP contribution in [0.2, 0.25) is 0 Å². The molecule has 1 N–H and O–H groups in total. The SMILES string of the molecule is O=C(O)Cc1csc(SCc2csc3ccccc23)n1. The van der Waals surface area contributed by atoms with E-state index >= 15 is 0 Å². The van der Waals surface area contributed by atoms with Gasteiger partial charge in [0.1, 0.15) is 4.34 Å². The Bertz CT molecular complexity index is 748. The minimum atomic E-state index is -0.837. The second-order valence-electron chi connectivity index (χ2n) is 4.22. The van der Waals surface area contributed by atoms with Crippen molar-refractivity contribution in [2.45, 2.75) is 16.5 Å². The molecule has 3 aromatic rings. The molecule has 2 heterocycles. The lowest BCUT2D eigenvalue weighted by Gasteiger charge is -1.97. The Morgan fingerprint density at radius 2 is 2.10 bits per heavy atom. The molecule has 0 saturated carbocycles. The molecular weight excluding hydrogens is 310 g/mol. The van der Waals surface area contributed by atoms with E-state index in [0.717, 1.165) is 10.1 Å². The van der Waals surface area contributed by atoms with Gasteiger partial charge in [-0.3, -0.25) is 4.79 Å². The number of nitrogens with zero attached hydrogens (tertiary/aromatic N) is 1. The predicted octanol–water partition coefficient (Wildman–Crippen LogP) is 4.28. The lowest BCUT2D eigenvalue weighted by molar-refractivity contribution is -0.136. The Kier molecular flexibility index (Phi) is 4.05. The lowest BCUT2D eigenvalue weighted by Crippen LogP contribution is -1.99. The van der Waals surface area contributed by atoms with Crippen LogP contribution in [-0.2, 0) is 17.0 Å². The minimum absolute atomic E-state index is 0.00155. The second-order valence-corrected chi connectivity index (χ2v) is 7.21. The van der Waals surface area contributed by atoms with Gasteiger partial charge in [0.05, 0.1) is 12.1 Å². The molecule has 3 nitrogen and oxygen atoms in total. The van der Waals surface area contributed by atoms with E-state index in [1.165, 1.54) is 27.0 Å². The van der Waals surface area contributed by atoms with E-state index < -0.39 is 5.97 Å². The number of hydrogen-bond acceptors (Lipinski definition) is 5. The lowest BCUT2D eigenvalue weighted by atomic mass is 10.2. The predicted molar refractivity (Wildman–Crippen MR) is 84.8 cm³/mol. The third kappa shape index (κ3) is 3.03. The second kappa shape index (κ2) is 5.95. The highest BCUT2D eigenvalue weighted by Gasteiger charge is 2.08. The molecule has 1 aromatic carbocycles. The minimum Gasteiger partial charge on any atom is -0.481 e.